The topological polar surface area (TPSA) is 25.2 Å². The van der Waals surface area contributed by atoms with Gasteiger partial charge in [-0.05, 0) is 24.6 Å². The number of hydrogen-bond donors (Lipinski definition) is 0. The van der Waals surface area contributed by atoms with Crippen molar-refractivity contribution in [3.05, 3.63) is 34.9 Å². The van der Waals surface area contributed by atoms with Crippen molar-refractivity contribution in [2.75, 3.05) is 14.1 Å². The molecule has 0 aliphatic carbocycles. The van der Waals surface area contributed by atoms with Gasteiger partial charge >= 0.3 is 0 Å². The van der Waals surface area contributed by atoms with Crippen molar-refractivity contribution in [2.45, 2.75) is 19.4 Å². The van der Waals surface area contributed by atoms with Crippen LogP contribution in [0.5, 0.6) is 0 Å². The van der Waals surface area contributed by atoms with E-state index in [1.165, 1.54) is 10.9 Å². The lowest BCUT2D eigenvalue weighted by molar-refractivity contribution is -0.128. The van der Waals surface area contributed by atoms with Gasteiger partial charge in [-0.2, -0.15) is 0 Å². The first-order valence-electron chi connectivity index (χ1n) is 6.03. The van der Waals surface area contributed by atoms with Crippen LogP contribution in [0.25, 0.3) is 10.9 Å². The minimum Gasteiger partial charge on any atom is -0.349 e. The number of aryl methyl sites for hydroxylation is 1. The van der Waals surface area contributed by atoms with E-state index >= 15 is 0 Å². The van der Waals surface area contributed by atoms with Gasteiger partial charge in [-0.25, -0.2) is 0 Å². The van der Waals surface area contributed by atoms with Gasteiger partial charge in [0.05, 0.1) is 0 Å². The van der Waals surface area contributed by atoms with E-state index in [2.05, 4.69) is 38.8 Å². The fourth-order valence-corrected chi connectivity index (χ4v) is 2.49. The summed E-state index contributed by atoms with van der Waals surface area (Å²) in [6, 6.07) is 8.29. The van der Waals surface area contributed by atoms with Gasteiger partial charge in [-0.1, -0.05) is 22.0 Å². The smallest absolute Gasteiger partial charge is 0.222 e. The third-order valence-corrected chi connectivity index (χ3v) is 3.74. The first-order valence-corrected chi connectivity index (χ1v) is 6.82. The Hall–Kier alpha value is -1.29. The zero-order valence-electron chi connectivity index (χ0n) is 10.7. The molecule has 0 aliphatic rings. The average molecular weight is 309 g/mol. The monoisotopic (exact) mass is 308 g/mol. The van der Waals surface area contributed by atoms with Gasteiger partial charge in [0.25, 0.3) is 0 Å². The highest BCUT2D eigenvalue weighted by Gasteiger charge is 2.06. The summed E-state index contributed by atoms with van der Waals surface area (Å²) in [6.07, 6.45) is 3.55. The molecule has 0 spiro atoms. The van der Waals surface area contributed by atoms with Gasteiger partial charge in [0.15, 0.2) is 0 Å². The lowest BCUT2D eigenvalue weighted by Crippen LogP contribution is -2.21. The van der Waals surface area contributed by atoms with Gasteiger partial charge in [0.1, 0.15) is 0 Å². The van der Waals surface area contributed by atoms with Gasteiger partial charge in [0, 0.05) is 48.6 Å². The molecule has 0 atom stereocenters. The summed E-state index contributed by atoms with van der Waals surface area (Å²) in [6.45, 7) is 0.875. The number of hydrogen-bond acceptors (Lipinski definition) is 1. The Labute approximate surface area is 116 Å². The highest BCUT2D eigenvalue weighted by Crippen LogP contribution is 2.24. The molecule has 1 aromatic carbocycles. The van der Waals surface area contributed by atoms with Crippen LogP contribution in [0, 0.1) is 0 Å². The van der Waals surface area contributed by atoms with E-state index in [1.54, 1.807) is 19.0 Å². The highest BCUT2D eigenvalue weighted by molar-refractivity contribution is 9.10. The third kappa shape index (κ3) is 2.75. The standard InChI is InChI=1S/C14H17BrN2O/c1-16(2)14(18)7-4-9-17-10-8-11-12(15)5-3-6-13(11)17/h3,5-6,8,10H,4,7,9H2,1-2H3. The van der Waals surface area contributed by atoms with E-state index in [0.717, 1.165) is 17.4 Å². The van der Waals surface area contributed by atoms with Crippen LogP contribution in [0.4, 0.5) is 0 Å². The lowest BCUT2D eigenvalue weighted by Gasteiger charge is -2.10. The van der Waals surface area contributed by atoms with E-state index in [9.17, 15) is 4.79 Å². The molecule has 0 bridgehead atoms. The number of benzene rings is 1. The molecule has 0 fully saturated rings. The summed E-state index contributed by atoms with van der Waals surface area (Å²) in [5, 5.41) is 1.22. The fraction of sp³-hybridized carbons (Fsp3) is 0.357. The Balaban J connectivity index is 2.05. The van der Waals surface area contributed by atoms with Crippen molar-refractivity contribution in [3.8, 4) is 0 Å². The highest BCUT2D eigenvalue weighted by atomic mass is 79.9. The number of carbonyl (C=O) groups is 1. The van der Waals surface area contributed by atoms with Gasteiger partial charge < -0.3 is 9.47 Å². The molecule has 0 N–H and O–H groups in total. The summed E-state index contributed by atoms with van der Waals surface area (Å²) in [4.78, 5) is 13.1. The predicted octanol–water partition coefficient (Wildman–Crippen LogP) is 3.27. The second kappa shape index (κ2) is 5.57. The number of halogens is 1. The molecule has 0 unspecified atom stereocenters. The molecule has 0 saturated heterocycles. The quantitative estimate of drug-likeness (QED) is 0.851. The van der Waals surface area contributed by atoms with Crippen LogP contribution in [0.2, 0.25) is 0 Å². The van der Waals surface area contributed by atoms with Crippen molar-refractivity contribution >= 4 is 32.7 Å². The summed E-state index contributed by atoms with van der Waals surface area (Å²) in [5.74, 6) is 0.188. The lowest BCUT2D eigenvalue weighted by atomic mass is 10.2. The molecule has 3 nitrogen and oxygen atoms in total. The number of nitrogens with zero attached hydrogens (tertiary/aromatic N) is 2. The van der Waals surface area contributed by atoms with Crippen LogP contribution < -0.4 is 0 Å². The molecule has 2 aromatic rings. The van der Waals surface area contributed by atoms with E-state index in [1.807, 2.05) is 12.1 Å². The number of rotatable bonds is 4. The molecule has 0 aliphatic heterocycles. The number of aromatic nitrogens is 1. The van der Waals surface area contributed by atoms with Gasteiger partial charge in [-0.3, -0.25) is 4.79 Å². The minimum absolute atomic E-state index is 0.188. The normalized spacial score (nSPS) is 10.8. The maximum atomic E-state index is 11.5. The molecule has 96 valence electrons. The zero-order chi connectivity index (χ0) is 13.1. The van der Waals surface area contributed by atoms with Crippen molar-refractivity contribution < 1.29 is 4.79 Å². The molecule has 0 saturated carbocycles. The number of amides is 1. The summed E-state index contributed by atoms with van der Waals surface area (Å²) in [7, 11) is 3.59. The maximum Gasteiger partial charge on any atom is 0.222 e. The van der Waals surface area contributed by atoms with Crippen LogP contribution in [0.1, 0.15) is 12.8 Å². The molecule has 18 heavy (non-hydrogen) atoms. The third-order valence-electron chi connectivity index (χ3n) is 3.05. The zero-order valence-corrected chi connectivity index (χ0v) is 12.3. The molecular formula is C14H17BrN2O. The number of fused-ring (bicyclic) bond motifs is 1. The van der Waals surface area contributed by atoms with Crippen LogP contribution in [0.15, 0.2) is 34.9 Å². The van der Waals surface area contributed by atoms with Crippen molar-refractivity contribution in [1.82, 2.24) is 9.47 Å². The second-order valence-corrected chi connectivity index (χ2v) is 5.43. The minimum atomic E-state index is 0.188. The Bertz CT molecular complexity index is 560. The SMILES string of the molecule is CN(C)C(=O)CCCn1ccc2c(Br)cccc21. The van der Waals surface area contributed by atoms with E-state index in [0.29, 0.717) is 6.42 Å². The van der Waals surface area contributed by atoms with E-state index in [-0.39, 0.29) is 5.91 Å². The van der Waals surface area contributed by atoms with Crippen LogP contribution in [0.3, 0.4) is 0 Å². The van der Waals surface area contributed by atoms with Crippen molar-refractivity contribution in [3.63, 3.8) is 0 Å². The molecule has 1 aromatic heterocycles. The molecular weight excluding hydrogens is 292 g/mol. The largest absolute Gasteiger partial charge is 0.349 e. The van der Waals surface area contributed by atoms with Gasteiger partial charge in [-0.15, -0.1) is 0 Å². The summed E-state index contributed by atoms with van der Waals surface area (Å²) in [5.41, 5.74) is 1.21. The molecule has 2 rings (SSSR count). The van der Waals surface area contributed by atoms with Gasteiger partial charge in [0.2, 0.25) is 5.91 Å². The van der Waals surface area contributed by atoms with E-state index in [4.69, 9.17) is 0 Å². The fourth-order valence-electron chi connectivity index (χ4n) is 2.01. The summed E-state index contributed by atoms with van der Waals surface area (Å²) < 4.78 is 3.31. The van der Waals surface area contributed by atoms with Crippen molar-refractivity contribution in [2.24, 2.45) is 0 Å². The predicted molar refractivity (Wildman–Crippen MR) is 77.6 cm³/mol. The first-order chi connectivity index (χ1) is 8.59. The van der Waals surface area contributed by atoms with Crippen LogP contribution in [-0.4, -0.2) is 29.5 Å². The maximum absolute atomic E-state index is 11.5. The number of carbonyl (C=O) groups excluding carboxylic acids is 1. The Morgan fingerprint density at radius 1 is 1.33 bits per heavy atom. The van der Waals surface area contributed by atoms with E-state index < -0.39 is 0 Å². The molecule has 1 heterocycles. The average Bonchev–Trinajstić information content (AvgIpc) is 2.74. The summed E-state index contributed by atoms with van der Waals surface area (Å²) >= 11 is 3.55. The second-order valence-electron chi connectivity index (χ2n) is 4.57. The Kier molecular flexibility index (Phi) is 4.07. The molecule has 1 amide bonds. The first kappa shape index (κ1) is 13.1. The Morgan fingerprint density at radius 3 is 2.83 bits per heavy atom. The molecule has 4 heteroatoms. The van der Waals surface area contributed by atoms with Crippen LogP contribution >= 0.6 is 15.9 Å². The van der Waals surface area contributed by atoms with Crippen molar-refractivity contribution in [1.29, 1.82) is 0 Å². The molecule has 0 radical (unpaired) electrons. The van der Waals surface area contributed by atoms with Crippen LogP contribution in [-0.2, 0) is 11.3 Å². The Morgan fingerprint density at radius 2 is 2.11 bits per heavy atom.